The minimum Gasteiger partial charge on any atom is -0.379 e. The molecule has 0 aromatic heterocycles. The van der Waals surface area contributed by atoms with Gasteiger partial charge < -0.3 is 9.64 Å². The Bertz CT molecular complexity index is 347. The number of halogens is 1. The summed E-state index contributed by atoms with van der Waals surface area (Å²) in [6.07, 6.45) is 0.976. The Morgan fingerprint density at radius 3 is 2.87 bits per heavy atom. The van der Waals surface area contributed by atoms with Crippen LogP contribution in [0.25, 0.3) is 0 Å². The molecule has 0 N–H and O–H groups in total. The molecule has 1 saturated heterocycles. The highest BCUT2D eigenvalue weighted by atomic mass is 19.1. The van der Waals surface area contributed by atoms with Gasteiger partial charge in [-0.2, -0.15) is 0 Å². The molecule has 1 fully saturated rings. The lowest BCUT2D eigenvalue weighted by molar-refractivity contribution is 0.193. The van der Waals surface area contributed by atoms with Gasteiger partial charge >= 0.3 is 0 Å². The summed E-state index contributed by atoms with van der Waals surface area (Å²) >= 11 is 0. The van der Waals surface area contributed by atoms with Crippen LogP contribution in [-0.4, -0.2) is 26.3 Å². The maximum atomic E-state index is 13.7. The Kier molecular flexibility index (Phi) is 2.91. The van der Waals surface area contributed by atoms with Crippen LogP contribution >= 0.6 is 0 Å². The number of hydrogen-bond acceptors (Lipinski definition) is 2. The third-order valence-corrected chi connectivity index (χ3v) is 2.94. The highest BCUT2D eigenvalue weighted by Crippen LogP contribution is 2.23. The van der Waals surface area contributed by atoms with E-state index in [0.29, 0.717) is 18.3 Å². The standard InChI is InChI=1S/C12H16FNO/c1-9-3-4-12(11(13)7-9)14(2)10-5-6-15-8-10/h3-4,7,10H,5-6,8H2,1-2H3. The van der Waals surface area contributed by atoms with Gasteiger partial charge in [-0.15, -0.1) is 0 Å². The van der Waals surface area contributed by atoms with Gasteiger partial charge in [0.1, 0.15) is 5.82 Å². The molecule has 3 heteroatoms. The van der Waals surface area contributed by atoms with Gasteiger partial charge in [-0.3, -0.25) is 0 Å². The molecular weight excluding hydrogens is 193 g/mol. The summed E-state index contributed by atoms with van der Waals surface area (Å²) < 4.78 is 19.0. The molecule has 0 aliphatic carbocycles. The van der Waals surface area contributed by atoms with E-state index < -0.39 is 0 Å². The normalized spacial score (nSPS) is 20.6. The third kappa shape index (κ3) is 2.12. The van der Waals surface area contributed by atoms with Crippen molar-refractivity contribution < 1.29 is 9.13 Å². The van der Waals surface area contributed by atoms with Crippen LogP contribution in [-0.2, 0) is 4.74 Å². The Morgan fingerprint density at radius 2 is 2.27 bits per heavy atom. The zero-order chi connectivity index (χ0) is 10.8. The van der Waals surface area contributed by atoms with E-state index in [0.717, 1.165) is 18.6 Å². The van der Waals surface area contributed by atoms with Crippen LogP contribution in [0.15, 0.2) is 18.2 Å². The van der Waals surface area contributed by atoms with Gasteiger partial charge in [0.15, 0.2) is 0 Å². The molecule has 1 aromatic rings. The molecule has 1 heterocycles. The highest BCUT2D eigenvalue weighted by Gasteiger charge is 2.22. The molecular formula is C12H16FNO. The first-order valence-corrected chi connectivity index (χ1v) is 5.25. The fourth-order valence-electron chi connectivity index (χ4n) is 1.92. The van der Waals surface area contributed by atoms with Crippen molar-refractivity contribution in [1.82, 2.24) is 0 Å². The number of nitrogens with zero attached hydrogens (tertiary/aromatic N) is 1. The first-order chi connectivity index (χ1) is 7.18. The van der Waals surface area contributed by atoms with Crippen molar-refractivity contribution >= 4 is 5.69 Å². The van der Waals surface area contributed by atoms with Gasteiger partial charge in [0.2, 0.25) is 0 Å². The van der Waals surface area contributed by atoms with E-state index in [1.165, 1.54) is 0 Å². The molecule has 2 rings (SSSR count). The number of ether oxygens (including phenoxy) is 1. The van der Waals surface area contributed by atoms with Gasteiger partial charge in [-0.25, -0.2) is 4.39 Å². The Morgan fingerprint density at radius 1 is 1.47 bits per heavy atom. The van der Waals surface area contributed by atoms with E-state index >= 15 is 0 Å². The SMILES string of the molecule is Cc1ccc(N(C)C2CCOC2)c(F)c1. The largest absolute Gasteiger partial charge is 0.379 e. The topological polar surface area (TPSA) is 12.5 Å². The Balaban J connectivity index is 2.20. The predicted molar refractivity (Wildman–Crippen MR) is 58.8 cm³/mol. The lowest BCUT2D eigenvalue weighted by Crippen LogP contribution is -2.32. The fourth-order valence-corrected chi connectivity index (χ4v) is 1.92. The van der Waals surface area contributed by atoms with Crippen molar-refractivity contribution in [1.29, 1.82) is 0 Å². The summed E-state index contributed by atoms with van der Waals surface area (Å²) in [5.41, 5.74) is 1.61. The Hall–Kier alpha value is -1.09. The predicted octanol–water partition coefficient (Wildman–Crippen LogP) is 2.36. The van der Waals surface area contributed by atoms with Crippen LogP contribution in [0.1, 0.15) is 12.0 Å². The van der Waals surface area contributed by atoms with Gasteiger partial charge in [-0.05, 0) is 31.0 Å². The highest BCUT2D eigenvalue weighted by molar-refractivity contribution is 5.49. The molecule has 0 amide bonds. The van der Waals surface area contributed by atoms with Gasteiger partial charge in [0.25, 0.3) is 0 Å². The lowest BCUT2D eigenvalue weighted by Gasteiger charge is -2.25. The van der Waals surface area contributed by atoms with E-state index in [4.69, 9.17) is 4.74 Å². The molecule has 0 spiro atoms. The third-order valence-electron chi connectivity index (χ3n) is 2.94. The number of aryl methyl sites for hydroxylation is 1. The maximum absolute atomic E-state index is 13.7. The van der Waals surface area contributed by atoms with Crippen LogP contribution in [0.2, 0.25) is 0 Å². The summed E-state index contributed by atoms with van der Waals surface area (Å²) in [7, 11) is 1.92. The summed E-state index contributed by atoms with van der Waals surface area (Å²) in [4.78, 5) is 1.97. The van der Waals surface area contributed by atoms with E-state index in [2.05, 4.69) is 0 Å². The van der Waals surface area contributed by atoms with Crippen LogP contribution in [0.4, 0.5) is 10.1 Å². The fraction of sp³-hybridized carbons (Fsp3) is 0.500. The van der Waals surface area contributed by atoms with Crippen LogP contribution in [0.3, 0.4) is 0 Å². The first-order valence-electron chi connectivity index (χ1n) is 5.25. The average Bonchev–Trinajstić information content (AvgIpc) is 2.69. The van der Waals surface area contributed by atoms with Crippen molar-refractivity contribution in [2.24, 2.45) is 0 Å². The molecule has 1 atom stereocenters. The van der Waals surface area contributed by atoms with E-state index in [9.17, 15) is 4.39 Å². The summed E-state index contributed by atoms with van der Waals surface area (Å²) in [6.45, 7) is 3.37. The smallest absolute Gasteiger partial charge is 0.146 e. The Labute approximate surface area is 89.7 Å². The van der Waals surface area contributed by atoms with Crippen molar-refractivity contribution in [2.45, 2.75) is 19.4 Å². The van der Waals surface area contributed by atoms with E-state index in [1.807, 2.05) is 31.0 Å². The monoisotopic (exact) mass is 209 g/mol. The molecule has 0 saturated carbocycles. The van der Waals surface area contributed by atoms with Gasteiger partial charge in [0.05, 0.1) is 18.3 Å². The van der Waals surface area contributed by atoms with Crippen molar-refractivity contribution in [3.8, 4) is 0 Å². The number of hydrogen-bond donors (Lipinski definition) is 0. The number of benzene rings is 1. The first kappa shape index (κ1) is 10.4. The summed E-state index contributed by atoms with van der Waals surface area (Å²) in [6, 6.07) is 5.65. The second-order valence-electron chi connectivity index (χ2n) is 4.08. The molecule has 1 unspecified atom stereocenters. The molecule has 1 aromatic carbocycles. The van der Waals surface area contributed by atoms with Crippen molar-refractivity contribution in [3.63, 3.8) is 0 Å². The second kappa shape index (κ2) is 4.19. The molecule has 1 aliphatic heterocycles. The zero-order valence-corrected chi connectivity index (χ0v) is 9.16. The lowest BCUT2D eigenvalue weighted by atomic mass is 10.1. The molecule has 0 radical (unpaired) electrons. The number of likely N-dealkylation sites (N-methyl/N-ethyl adjacent to an activating group) is 1. The molecule has 0 bridgehead atoms. The number of anilines is 1. The zero-order valence-electron chi connectivity index (χ0n) is 9.16. The average molecular weight is 209 g/mol. The summed E-state index contributed by atoms with van der Waals surface area (Å²) in [5.74, 6) is -0.149. The molecule has 2 nitrogen and oxygen atoms in total. The van der Waals surface area contributed by atoms with Gasteiger partial charge in [0, 0.05) is 13.7 Å². The second-order valence-corrected chi connectivity index (χ2v) is 4.08. The molecule has 82 valence electrons. The van der Waals surface area contributed by atoms with Crippen molar-refractivity contribution in [2.75, 3.05) is 25.2 Å². The molecule has 1 aliphatic rings. The number of rotatable bonds is 2. The van der Waals surface area contributed by atoms with E-state index in [1.54, 1.807) is 6.07 Å². The van der Waals surface area contributed by atoms with Crippen molar-refractivity contribution in [3.05, 3.63) is 29.6 Å². The minimum absolute atomic E-state index is 0.149. The van der Waals surface area contributed by atoms with Crippen LogP contribution < -0.4 is 4.90 Å². The van der Waals surface area contributed by atoms with E-state index in [-0.39, 0.29) is 5.82 Å². The minimum atomic E-state index is -0.149. The summed E-state index contributed by atoms with van der Waals surface area (Å²) in [5, 5.41) is 0. The van der Waals surface area contributed by atoms with Crippen LogP contribution in [0.5, 0.6) is 0 Å². The van der Waals surface area contributed by atoms with Crippen LogP contribution in [0, 0.1) is 12.7 Å². The molecule has 15 heavy (non-hydrogen) atoms. The quantitative estimate of drug-likeness (QED) is 0.741. The maximum Gasteiger partial charge on any atom is 0.146 e. The van der Waals surface area contributed by atoms with Gasteiger partial charge in [-0.1, -0.05) is 6.07 Å².